The van der Waals surface area contributed by atoms with Gasteiger partial charge in [0.25, 0.3) is 0 Å². The summed E-state index contributed by atoms with van der Waals surface area (Å²) in [5, 5.41) is 1.32. The maximum absolute atomic E-state index is 5.84. The summed E-state index contributed by atoms with van der Waals surface area (Å²) in [6.07, 6.45) is 6.88. The normalized spacial score (nSPS) is 19.6. The van der Waals surface area contributed by atoms with Crippen molar-refractivity contribution in [3.63, 3.8) is 0 Å². The second kappa shape index (κ2) is 6.79. The van der Waals surface area contributed by atoms with Crippen molar-refractivity contribution in [1.82, 2.24) is 19.4 Å². The minimum atomic E-state index is 0.517. The number of imidazole rings is 1. The number of nitrogens with zero attached hydrogens (tertiary/aromatic N) is 3. The number of H-pyrrole nitrogens is 1. The molecule has 0 saturated carbocycles. The van der Waals surface area contributed by atoms with Crippen LogP contribution < -0.4 is 0 Å². The van der Waals surface area contributed by atoms with Gasteiger partial charge in [0.15, 0.2) is 0 Å². The molecule has 1 N–H and O–H groups in total. The average Bonchev–Trinajstić information content (AvgIpc) is 3.15. The third-order valence-corrected chi connectivity index (χ3v) is 4.82. The number of nitrogens with one attached hydrogen (secondary N) is 1. The zero-order valence-corrected chi connectivity index (χ0v) is 14.1. The molecule has 1 unspecified atom stereocenters. The number of rotatable bonds is 4. The third kappa shape index (κ3) is 3.37. The van der Waals surface area contributed by atoms with Crippen molar-refractivity contribution in [1.29, 1.82) is 0 Å². The molecule has 0 radical (unpaired) electrons. The number of fused-ring (bicyclic) bond motifs is 1. The molecule has 1 aromatic carbocycles. The predicted molar refractivity (Wildman–Crippen MR) is 94.8 cm³/mol. The van der Waals surface area contributed by atoms with E-state index in [0.717, 1.165) is 45.1 Å². The molecule has 0 bridgehead atoms. The lowest BCUT2D eigenvalue weighted by molar-refractivity contribution is 0.121. The number of ether oxygens (including phenoxy) is 1. The monoisotopic (exact) mass is 324 g/mol. The van der Waals surface area contributed by atoms with Crippen LogP contribution in [0.1, 0.15) is 11.4 Å². The number of hydrogen-bond acceptors (Lipinski definition) is 3. The molecule has 1 aliphatic heterocycles. The Hall–Kier alpha value is -2.11. The fraction of sp³-hybridized carbons (Fsp3) is 0.421. The minimum Gasteiger partial charge on any atom is -0.380 e. The van der Waals surface area contributed by atoms with Crippen molar-refractivity contribution in [2.75, 3.05) is 26.3 Å². The molecule has 24 heavy (non-hydrogen) atoms. The van der Waals surface area contributed by atoms with Crippen LogP contribution in [0.2, 0.25) is 0 Å². The van der Waals surface area contributed by atoms with Crippen LogP contribution in [0, 0.1) is 5.92 Å². The Kier molecular flexibility index (Phi) is 4.36. The van der Waals surface area contributed by atoms with E-state index in [-0.39, 0.29) is 0 Å². The molecule has 2 aromatic heterocycles. The summed E-state index contributed by atoms with van der Waals surface area (Å²) in [6, 6.07) is 8.98. The maximum atomic E-state index is 5.84. The lowest BCUT2D eigenvalue weighted by Gasteiger charge is -2.22. The van der Waals surface area contributed by atoms with Gasteiger partial charge in [0, 0.05) is 44.2 Å². The van der Waals surface area contributed by atoms with E-state index >= 15 is 0 Å². The molecule has 5 nitrogen and oxygen atoms in total. The van der Waals surface area contributed by atoms with Gasteiger partial charge in [-0.05, 0) is 41.5 Å². The Balaban J connectivity index is 1.45. The Morgan fingerprint density at radius 2 is 2.29 bits per heavy atom. The van der Waals surface area contributed by atoms with E-state index in [4.69, 9.17) is 4.74 Å². The van der Waals surface area contributed by atoms with Gasteiger partial charge < -0.3 is 14.3 Å². The van der Waals surface area contributed by atoms with Gasteiger partial charge in [-0.3, -0.25) is 4.90 Å². The highest BCUT2D eigenvalue weighted by atomic mass is 16.5. The standard InChI is InChI=1S/C19H24N4O/c1-22-7-4-17-11-15(2-3-18(17)22)10-16-12-23(8-9-24-14-16)13-19-20-5-6-21-19/h2-7,11,16H,8-10,12-14H2,1H3,(H,20,21). The quantitative estimate of drug-likeness (QED) is 0.802. The smallest absolute Gasteiger partial charge is 0.120 e. The van der Waals surface area contributed by atoms with E-state index in [9.17, 15) is 0 Å². The number of hydrogen-bond donors (Lipinski definition) is 1. The Morgan fingerprint density at radius 3 is 3.17 bits per heavy atom. The summed E-state index contributed by atoms with van der Waals surface area (Å²) in [5.41, 5.74) is 2.68. The first-order valence-electron chi connectivity index (χ1n) is 8.60. The molecule has 126 valence electrons. The van der Waals surface area contributed by atoms with Crippen molar-refractivity contribution in [2.45, 2.75) is 13.0 Å². The largest absolute Gasteiger partial charge is 0.380 e. The van der Waals surface area contributed by atoms with Crippen molar-refractivity contribution < 1.29 is 4.74 Å². The molecule has 5 heteroatoms. The third-order valence-electron chi connectivity index (χ3n) is 4.82. The van der Waals surface area contributed by atoms with Gasteiger partial charge in [-0.15, -0.1) is 0 Å². The molecule has 3 aromatic rings. The van der Waals surface area contributed by atoms with E-state index in [1.165, 1.54) is 16.5 Å². The van der Waals surface area contributed by atoms with Crippen molar-refractivity contribution in [3.05, 3.63) is 54.2 Å². The summed E-state index contributed by atoms with van der Waals surface area (Å²) in [6.45, 7) is 4.52. The zero-order chi connectivity index (χ0) is 16.4. The van der Waals surface area contributed by atoms with E-state index in [2.05, 4.69) is 56.9 Å². The van der Waals surface area contributed by atoms with Crippen molar-refractivity contribution in [2.24, 2.45) is 13.0 Å². The number of aryl methyl sites for hydroxylation is 1. The maximum Gasteiger partial charge on any atom is 0.120 e. The van der Waals surface area contributed by atoms with Crippen molar-refractivity contribution >= 4 is 10.9 Å². The highest BCUT2D eigenvalue weighted by molar-refractivity contribution is 5.80. The first kappa shape index (κ1) is 15.4. The number of aromatic nitrogens is 3. The van der Waals surface area contributed by atoms with Crippen LogP contribution in [0.4, 0.5) is 0 Å². The van der Waals surface area contributed by atoms with E-state index in [1.807, 2.05) is 12.4 Å². The van der Waals surface area contributed by atoms with Crippen LogP contribution in [-0.4, -0.2) is 45.7 Å². The van der Waals surface area contributed by atoms with Gasteiger partial charge in [-0.25, -0.2) is 4.98 Å². The Labute approximate surface area is 142 Å². The molecule has 1 atom stereocenters. The van der Waals surface area contributed by atoms with Gasteiger partial charge in [0.2, 0.25) is 0 Å². The molecule has 0 aliphatic carbocycles. The van der Waals surface area contributed by atoms with Gasteiger partial charge >= 0.3 is 0 Å². The van der Waals surface area contributed by atoms with Crippen LogP contribution in [0.15, 0.2) is 42.9 Å². The van der Waals surface area contributed by atoms with Crippen LogP contribution in [0.25, 0.3) is 10.9 Å². The van der Waals surface area contributed by atoms with E-state index in [1.54, 1.807) is 0 Å². The summed E-state index contributed by atoms with van der Waals surface area (Å²) in [5.74, 6) is 1.55. The summed E-state index contributed by atoms with van der Waals surface area (Å²) >= 11 is 0. The average molecular weight is 324 g/mol. The predicted octanol–water partition coefficient (Wildman–Crippen LogP) is 2.59. The topological polar surface area (TPSA) is 46.1 Å². The van der Waals surface area contributed by atoms with Crippen LogP contribution >= 0.6 is 0 Å². The second-order valence-electron chi connectivity index (χ2n) is 6.74. The summed E-state index contributed by atoms with van der Waals surface area (Å²) in [4.78, 5) is 9.98. The number of benzene rings is 1. The highest BCUT2D eigenvalue weighted by Crippen LogP contribution is 2.20. The summed E-state index contributed by atoms with van der Waals surface area (Å²) < 4.78 is 8.01. The fourth-order valence-corrected chi connectivity index (χ4v) is 3.61. The lowest BCUT2D eigenvalue weighted by atomic mass is 9.98. The molecule has 1 fully saturated rings. The molecule has 4 rings (SSSR count). The molecule has 1 aliphatic rings. The van der Waals surface area contributed by atoms with Crippen molar-refractivity contribution in [3.8, 4) is 0 Å². The van der Waals surface area contributed by atoms with Crippen LogP contribution in [0.3, 0.4) is 0 Å². The SMILES string of the molecule is Cn1ccc2cc(CC3COCCN(Cc4ncc[nH]4)C3)ccc21. The first-order valence-corrected chi connectivity index (χ1v) is 8.60. The molecule has 3 heterocycles. The zero-order valence-electron chi connectivity index (χ0n) is 14.1. The van der Waals surface area contributed by atoms with Gasteiger partial charge in [0.1, 0.15) is 5.82 Å². The first-order chi connectivity index (χ1) is 11.8. The Bertz CT molecular complexity index is 793. The molecular weight excluding hydrogens is 300 g/mol. The lowest BCUT2D eigenvalue weighted by Crippen LogP contribution is -2.30. The molecule has 1 saturated heterocycles. The second-order valence-corrected chi connectivity index (χ2v) is 6.74. The molecule has 0 amide bonds. The fourth-order valence-electron chi connectivity index (χ4n) is 3.61. The molecule has 0 spiro atoms. The minimum absolute atomic E-state index is 0.517. The highest BCUT2D eigenvalue weighted by Gasteiger charge is 2.20. The van der Waals surface area contributed by atoms with Crippen LogP contribution in [-0.2, 0) is 24.8 Å². The van der Waals surface area contributed by atoms with E-state index in [0.29, 0.717) is 5.92 Å². The van der Waals surface area contributed by atoms with Gasteiger partial charge in [-0.1, -0.05) is 6.07 Å². The number of aromatic amines is 1. The Morgan fingerprint density at radius 1 is 1.33 bits per heavy atom. The molecular formula is C19H24N4O. The van der Waals surface area contributed by atoms with Crippen LogP contribution in [0.5, 0.6) is 0 Å². The van der Waals surface area contributed by atoms with Gasteiger partial charge in [0.05, 0.1) is 19.8 Å². The summed E-state index contributed by atoms with van der Waals surface area (Å²) in [7, 11) is 2.09. The van der Waals surface area contributed by atoms with Gasteiger partial charge in [-0.2, -0.15) is 0 Å². The van der Waals surface area contributed by atoms with E-state index < -0.39 is 0 Å².